The van der Waals surface area contributed by atoms with E-state index in [1.807, 2.05) is 18.2 Å². The van der Waals surface area contributed by atoms with Gasteiger partial charge < -0.3 is 14.5 Å². The first-order valence-electron chi connectivity index (χ1n) is 8.15. The lowest BCUT2D eigenvalue weighted by atomic mass is 10.2. The second kappa shape index (κ2) is 7.65. The van der Waals surface area contributed by atoms with E-state index in [0.717, 1.165) is 18.7 Å². The number of ether oxygens (including phenoxy) is 1. The molecule has 0 atom stereocenters. The molecule has 3 rings (SSSR count). The molecule has 2 aromatic rings. The summed E-state index contributed by atoms with van der Waals surface area (Å²) in [5, 5.41) is 10.7. The first-order chi connectivity index (χ1) is 12.1. The minimum Gasteiger partial charge on any atom is -0.410 e. The van der Waals surface area contributed by atoms with Gasteiger partial charge in [0.15, 0.2) is 0 Å². The zero-order chi connectivity index (χ0) is 17.6. The molecule has 0 radical (unpaired) electrons. The molecule has 0 aliphatic carbocycles. The number of para-hydroxylation sites is 1. The zero-order valence-electron chi connectivity index (χ0n) is 13.7. The van der Waals surface area contributed by atoms with Crippen LogP contribution in [0.4, 0.5) is 16.2 Å². The van der Waals surface area contributed by atoms with Gasteiger partial charge >= 0.3 is 6.09 Å². The van der Waals surface area contributed by atoms with Crippen molar-refractivity contribution < 1.29 is 14.5 Å². The zero-order valence-corrected chi connectivity index (χ0v) is 13.7. The van der Waals surface area contributed by atoms with Gasteiger partial charge in [-0.1, -0.05) is 18.2 Å². The topological polar surface area (TPSA) is 75.9 Å². The summed E-state index contributed by atoms with van der Waals surface area (Å²) in [5.41, 5.74) is 0.996. The van der Waals surface area contributed by atoms with Crippen molar-refractivity contribution in [1.29, 1.82) is 0 Å². The van der Waals surface area contributed by atoms with Crippen LogP contribution in [0.5, 0.6) is 5.75 Å². The number of hydrogen-bond donors (Lipinski definition) is 0. The van der Waals surface area contributed by atoms with Crippen molar-refractivity contribution in [2.45, 2.75) is 6.42 Å². The van der Waals surface area contributed by atoms with E-state index in [1.165, 1.54) is 12.1 Å². The number of carbonyl (C=O) groups excluding carboxylic acids is 1. The summed E-state index contributed by atoms with van der Waals surface area (Å²) < 4.78 is 5.39. The molecule has 130 valence electrons. The molecule has 0 aromatic heterocycles. The monoisotopic (exact) mass is 341 g/mol. The molecule has 7 heteroatoms. The van der Waals surface area contributed by atoms with E-state index in [0.29, 0.717) is 25.4 Å². The van der Waals surface area contributed by atoms with Gasteiger partial charge in [-0.05, 0) is 30.7 Å². The molecule has 0 N–H and O–H groups in total. The van der Waals surface area contributed by atoms with Crippen molar-refractivity contribution in [1.82, 2.24) is 4.90 Å². The number of amides is 1. The molecule has 0 bridgehead atoms. The Morgan fingerprint density at radius 3 is 2.36 bits per heavy atom. The van der Waals surface area contributed by atoms with Crippen molar-refractivity contribution in [3.05, 3.63) is 64.7 Å². The number of non-ortho nitro benzene ring substituents is 1. The summed E-state index contributed by atoms with van der Waals surface area (Å²) in [5.74, 6) is 0.531. The SMILES string of the molecule is O=C(Oc1ccccc1)N1CCCN(c2ccc([N+](=O)[O-])cc2)CC1. The highest BCUT2D eigenvalue weighted by molar-refractivity contribution is 5.70. The van der Waals surface area contributed by atoms with Crippen molar-refractivity contribution in [3.63, 3.8) is 0 Å². The highest BCUT2D eigenvalue weighted by atomic mass is 16.6. The fourth-order valence-electron chi connectivity index (χ4n) is 2.80. The number of nitro benzene ring substituents is 1. The maximum Gasteiger partial charge on any atom is 0.415 e. The third kappa shape index (κ3) is 4.26. The molecule has 2 aromatic carbocycles. The third-order valence-electron chi connectivity index (χ3n) is 4.13. The van der Waals surface area contributed by atoms with Crippen molar-refractivity contribution in [2.75, 3.05) is 31.1 Å². The molecule has 1 amide bonds. The van der Waals surface area contributed by atoms with Gasteiger partial charge in [0.2, 0.25) is 0 Å². The summed E-state index contributed by atoms with van der Waals surface area (Å²) in [6.07, 6.45) is 0.456. The Morgan fingerprint density at radius 1 is 0.960 bits per heavy atom. The molecule has 0 saturated carbocycles. The normalized spacial score (nSPS) is 14.7. The molecule has 1 aliphatic heterocycles. The Balaban J connectivity index is 1.60. The molecule has 1 saturated heterocycles. The van der Waals surface area contributed by atoms with E-state index in [9.17, 15) is 14.9 Å². The van der Waals surface area contributed by atoms with Crippen LogP contribution in [-0.4, -0.2) is 42.1 Å². The lowest BCUT2D eigenvalue weighted by Gasteiger charge is -2.23. The number of hydrogen-bond acceptors (Lipinski definition) is 5. The van der Waals surface area contributed by atoms with Gasteiger partial charge in [-0.3, -0.25) is 10.1 Å². The largest absolute Gasteiger partial charge is 0.415 e. The average Bonchev–Trinajstić information content (AvgIpc) is 2.89. The number of nitro groups is 1. The van der Waals surface area contributed by atoms with Crippen molar-refractivity contribution in [2.24, 2.45) is 0 Å². The summed E-state index contributed by atoms with van der Waals surface area (Å²) in [6.45, 7) is 2.60. The molecule has 7 nitrogen and oxygen atoms in total. The summed E-state index contributed by atoms with van der Waals surface area (Å²) in [4.78, 5) is 26.4. The second-order valence-corrected chi connectivity index (χ2v) is 5.78. The van der Waals surface area contributed by atoms with E-state index < -0.39 is 4.92 Å². The van der Waals surface area contributed by atoms with Gasteiger partial charge in [0.1, 0.15) is 5.75 Å². The van der Waals surface area contributed by atoms with E-state index in [1.54, 1.807) is 29.2 Å². The minimum atomic E-state index is -0.409. The van der Waals surface area contributed by atoms with Gasteiger partial charge in [-0.15, -0.1) is 0 Å². The molecule has 25 heavy (non-hydrogen) atoms. The van der Waals surface area contributed by atoms with E-state index in [-0.39, 0.29) is 11.8 Å². The average molecular weight is 341 g/mol. The molecular formula is C18H19N3O4. The van der Waals surface area contributed by atoms with Crippen LogP contribution >= 0.6 is 0 Å². The van der Waals surface area contributed by atoms with Crippen molar-refractivity contribution >= 4 is 17.5 Å². The first-order valence-corrected chi connectivity index (χ1v) is 8.15. The maximum absolute atomic E-state index is 12.3. The fourth-order valence-corrected chi connectivity index (χ4v) is 2.80. The van der Waals surface area contributed by atoms with E-state index in [4.69, 9.17) is 4.74 Å². The van der Waals surface area contributed by atoms with Crippen LogP contribution in [0.25, 0.3) is 0 Å². The highest BCUT2D eigenvalue weighted by Crippen LogP contribution is 2.21. The van der Waals surface area contributed by atoms with Crippen molar-refractivity contribution in [3.8, 4) is 5.75 Å². The summed E-state index contributed by atoms with van der Waals surface area (Å²) in [6, 6.07) is 15.5. The number of rotatable bonds is 3. The van der Waals surface area contributed by atoms with Gasteiger partial charge in [0.25, 0.3) is 5.69 Å². The fraction of sp³-hybridized carbons (Fsp3) is 0.278. The third-order valence-corrected chi connectivity index (χ3v) is 4.13. The van der Waals surface area contributed by atoms with Crippen LogP contribution in [0.15, 0.2) is 54.6 Å². The van der Waals surface area contributed by atoms with Crippen LogP contribution in [0, 0.1) is 10.1 Å². The lowest BCUT2D eigenvalue weighted by molar-refractivity contribution is -0.384. The number of carbonyl (C=O) groups is 1. The molecule has 1 aliphatic rings. The van der Waals surface area contributed by atoms with Crippen LogP contribution in [0.2, 0.25) is 0 Å². The van der Waals surface area contributed by atoms with Gasteiger partial charge in [-0.2, -0.15) is 0 Å². The predicted octanol–water partition coefficient (Wildman–Crippen LogP) is 3.31. The van der Waals surface area contributed by atoms with Gasteiger partial charge in [0, 0.05) is 44.0 Å². The molecule has 1 heterocycles. The number of anilines is 1. The van der Waals surface area contributed by atoms with E-state index in [2.05, 4.69) is 4.90 Å². The Kier molecular flexibility index (Phi) is 5.13. The molecule has 1 fully saturated rings. The molecule has 0 spiro atoms. The van der Waals surface area contributed by atoms with Crippen LogP contribution in [0.3, 0.4) is 0 Å². The first kappa shape index (κ1) is 16.8. The second-order valence-electron chi connectivity index (χ2n) is 5.78. The summed E-state index contributed by atoms with van der Waals surface area (Å²) in [7, 11) is 0. The predicted molar refractivity (Wildman–Crippen MR) is 94.0 cm³/mol. The Morgan fingerprint density at radius 2 is 1.68 bits per heavy atom. The lowest BCUT2D eigenvalue weighted by Crippen LogP contribution is -2.37. The minimum absolute atomic E-state index is 0.0756. The quantitative estimate of drug-likeness (QED) is 0.632. The molecule has 0 unspecified atom stereocenters. The highest BCUT2D eigenvalue weighted by Gasteiger charge is 2.21. The Hall–Kier alpha value is -3.09. The standard InChI is InChI=1S/C18H19N3O4/c22-18(25-17-5-2-1-3-6-17)20-12-4-11-19(13-14-20)15-7-9-16(10-8-15)21(23)24/h1-3,5-10H,4,11-14H2. The van der Waals surface area contributed by atoms with Crippen LogP contribution < -0.4 is 9.64 Å². The molecular weight excluding hydrogens is 322 g/mol. The van der Waals surface area contributed by atoms with Crippen LogP contribution in [-0.2, 0) is 0 Å². The maximum atomic E-state index is 12.3. The van der Waals surface area contributed by atoms with Crippen LogP contribution in [0.1, 0.15) is 6.42 Å². The number of nitrogens with zero attached hydrogens (tertiary/aromatic N) is 3. The summed E-state index contributed by atoms with van der Waals surface area (Å²) >= 11 is 0. The van der Waals surface area contributed by atoms with Gasteiger partial charge in [0.05, 0.1) is 4.92 Å². The Labute approximate surface area is 145 Å². The number of benzene rings is 2. The smallest absolute Gasteiger partial charge is 0.410 e. The van der Waals surface area contributed by atoms with Gasteiger partial charge in [-0.25, -0.2) is 4.79 Å². The van der Waals surface area contributed by atoms with E-state index >= 15 is 0 Å². The Bertz CT molecular complexity index is 734.